The fourth-order valence-electron chi connectivity index (χ4n) is 22.8. The van der Waals surface area contributed by atoms with E-state index < -0.39 is 26.5 Å². The Balaban J connectivity index is 0.000000153. The molecule has 0 saturated carbocycles. The first-order chi connectivity index (χ1) is 72.4. The number of para-hydroxylation sites is 2. The van der Waals surface area contributed by atoms with Crippen LogP contribution in [-0.4, -0.2) is 44.8 Å². The summed E-state index contributed by atoms with van der Waals surface area (Å²) in [4.78, 5) is 4.54. The summed E-state index contributed by atoms with van der Waals surface area (Å²) in [6.45, 7) is 6.37. The van der Waals surface area contributed by atoms with Crippen molar-refractivity contribution in [2.45, 2.75) is 20.8 Å². The molecule has 0 spiro atoms. The molecule has 0 aliphatic rings. The molecule has 0 radical (unpaired) electrons. The summed E-state index contributed by atoms with van der Waals surface area (Å²) in [5, 5.41) is 18.9. The molecule has 0 amide bonds. The number of benzene rings is 22. The van der Waals surface area contributed by atoms with E-state index in [4.69, 9.17) is 0 Å². The Morgan fingerprint density at radius 1 is 0.190 bits per heavy atom. The van der Waals surface area contributed by atoms with E-state index >= 15 is 0 Å². The second-order valence-electron chi connectivity index (χ2n) is 38.3. The largest absolute Gasteiger partial charge is 0.0572 e. The smallest absolute Gasteiger partial charge is 0.0542 e. The van der Waals surface area contributed by atoms with Crippen molar-refractivity contribution in [3.8, 4) is 51.1 Å². The second-order valence-corrected chi connectivity index (χ2v) is 54.3. The fraction of sp³-hybridized carbons (Fsp3) is 0.0221. The molecule has 0 fully saturated rings. The predicted octanol–water partition coefficient (Wildman–Crippen LogP) is 29.9. The van der Waals surface area contributed by atoms with Gasteiger partial charge in [0, 0.05) is 32.9 Å². The van der Waals surface area contributed by atoms with Gasteiger partial charge in [0.2, 0.25) is 0 Å². The maximum atomic E-state index is 14.8. The van der Waals surface area contributed by atoms with E-state index in [2.05, 4.69) is 516 Å². The zero-order valence-electron chi connectivity index (χ0n) is 81.2. The van der Waals surface area contributed by atoms with E-state index in [1.54, 1.807) is 12.1 Å². The monoisotopic (exact) mass is 2010 g/mol. The minimum absolute atomic E-state index is 0.272. The van der Waals surface area contributed by atoms with Crippen molar-refractivity contribution < 1.29 is 8.78 Å². The first-order valence-electron chi connectivity index (χ1n) is 50.0. The Bertz CT molecular complexity index is 9270. The maximum Gasteiger partial charge on any atom is 0.0542 e. The van der Waals surface area contributed by atoms with Crippen LogP contribution in [0.25, 0.3) is 132 Å². The van der Waals surface area contributed by atoms with Gasteiger partial charge < -0.3 is 9.13 Å². The second kappa shape index (κ2) is 38.1. The molecule has 11 heteroatoms. The van der Waals surface area contributed by atoms with E-state index in [9.17, 15) is 14.0 Å². The Hall–Kier alpha value is -17.9. The van der Waals surface area contributed by atoms with E-state index in [1.807, 2.05) is 48.5 Å². The van der Waals surface area contributed by atoms with Crippen molar-refractivity contribution in [1.29, 1.82) is 5.26 Å². The Kier molecular flexibility index (Phi) is 23.4. The first kappa shape index (κ1) is 90.4. The summed E-state index contributed by atoms with van der Waals surface area (Å²) in [7, 11) is 0. The van der Waals surface area contributed by atoms with Crippen molar-refractivity contribution in [2.24, 2.45) is 0 Å². The molecule has 0 unspecified atom stereocenters. The number of halogens is 2. The summed E-state index contributed by atoms with van der Waals surface area (Å²) >= 11 is -6.92. The molecule has 4 heterocycles. The molecule has 147 heavy (non-hydrogen) atoms. The van der Waals surface area contributed by atoms with Crippen LogP contribution in [0.2, 0.25) is 0 Å². The van der Waals surface area contributed by atoms with Gasteiger partial charge in [-0.3, -0.25) is 0 Å². The average molecular weight is 2010 g/mol. The van der Waals surface area contributed by atoms with Gasteiger partial charge in [-0.1, -0.05) is 77.4 Å². The van der Waals surface area contributed by atoms with Crippen LogP contribution in [0.4, 0.5) is 42.9 Å². The van der Waals surface area contributed by atoms with Gasteiger partial charge in [0.1, 0.15) is 11.6 Å². The van der Waals surface area contributed by atoms with Crippen molar-refractivity contribution in [1.82, 2.24) is 18.3 Å². The topological polar surface area (TPSA) is 50.0 Å². The fourth-order valence-corrected chi connectivity index (χ4v) is 42.7. The van der Waals surface area contributed by atoms with Crippen LogP contribution in [-0.2, 0) is 0 Å². The Labute approximate surface area is 857 Å². The molecule has 4 aromatic heterocycles. The van der Waals surface area contributed by atoms with Crippen molar-refractivity contribution in [3.05, 3.63) is 568 Å². The number of fused-ring (bicyclic) bond motifs is 12. The molecule has 0 aliphatic carbocycles. The number of rotatable bonds is 20. The van der Waals surface area contributed by atoms with Crippen LogP contribution in [0.5, 0.6) is 0 Å². The predicted molar refractivity (Wildman–Crippen MR) is 617 cm³/mol. The quantitative estimate of drug-likeness (QED) is 0.0715. The van der Waals surface area contributed by atoms with Crippen LogP contribution < -0.4 is 45.0 Å². The van der Waals surface area contributed by atoms with Crippen LogP contribution in [0.3, 0.4) is 0 Å². The molecular weight excluding hydrogens is 1910 g/mol. The number of aromatic nitrogens is 4. The Morgan fingerprint density at radius 2 is 0.401 bits per heavy atom. The number of aryl methyl sites for hydroxylation is 3. The van der Waals surface area contributed by atoms with Gasteiger partial charge in [-0.25, -0.2) is 8.78 Å². The molecule has 0 aliphatic heterocycles. The van der Waals surface area contributed by atoms with Crippen LogP contribution in [0, 0.1) is 43.7 Å². The van der Waals surface area contributed by atoms with Crippen LogP contribution in [0.1, 0.15) is 22.3 Å². The summed E-state index contributed by atoms with van der Waals surface area (Å²) in [5.74, 6) is -0.550. The standard InChI is InChI=1S/C68H47FGeN4.C68H50FGeN3/c1-47-21-32-57(33-22-47)73-65-20-12-11-19-61(65)63-44-59(38-41-67(63)73)72(56-34-23-48(46-71)24-35-56)60-39-42-68-64(45-60)62-43-50(27-40-66(62)74(68)58-36-28-51(69)29-37-58)49-25-30-55(31-26-49)70(52-13-5-2-6-14-52,53-15-7-3-8-16-53)54-17-9-4-10-18-54;1-47-22-33-57(34-23-47)72-65-21-13-12-20-61(65)63-45-59(39-42-67(63)72)71(56-37-29-51(69)30-38-56)60-40-43-68-64(46-60)62-44-50(28-41-66(62)73(68)58-35-24-48(2)25-36-58)49-26-31-55(32-27-49)70(52-14-6-3-7-15-52,53-16-8-4-9-17-53)54-18-10-5-11-19-54/h2-45H,1H3;3-46H,1-2H3. The third kappa shape index (κ3) is 16.1. The number of anilines is 6. The minimum Gasteiger partial charge on any atom is -0.0572 e. The van der Waals surface area contributed by atoms with Gasteiger partial charge in [-0.15, -0.1) is 0 Å². The molecule has 0 atom stereocenters. The van der Waals surface area contributed by atoms with Gasteiger partial charge in [0.15, 0.2) is 0 Å². The third-order valence-corrected chi connectivity index (χ3v) is 49.8. The van der Waals surface area contributed by atoms with E-state index in [0.29, 0.717) is 5.56 Å². The molecule has 698 valence electrons. The summed E-state index contributed by atoms with van der Waals surface area (Å²) in [6.07, 6.45) is 0. The summed E-state index contributed by atoms with van der Waals surface area (Å²) in [6, 6.07) is 193. The van der Waals surface area contributed by atoms with Gasteiger partial charge >= 0.3 is 544 Å². The number of nitriles is 1. The van der Waals surface area contributed by atoms with Crippen LogP contribution in [0.15, 0.2) is 534 Å². The average Bonchev–Trinajstić information content (AvgIpc) is 1.69. The number of hydrogen-bond donors (Lipinski definition) is 0. The van der Waals surface area contributed by atoms with E-state index in [1.165, 1.54) is 69.4 Å². The minimum atomic E-state index is -3.47. The van der Waals surface area contributed by atoms with Gasteiger partial charge in [0.05, 0.1) is 33.7 Å². The maximum absolute atomic E-state index is 14.8. The number of nitrogens with zero attached hydrogens (tertiary/aromatic N) is 7. The molecule has 0 bridgehead atoms. The van der Waals surface area contributed by atoms with Crippen molar-refractivity contribution in [2.75, 3.05) is 9.80 Å². The molecule has 26 aromatic rings. The molecule has 7 nitrogen and oxygen atoms in total. The molecule has 0 saturated heterocycles. The first-order valence-corrected chi connectivity index (χ1v) is 58.4. The number of hydrogen-bond acceptors (Lipinski definition) is 3. The Morgan fingerprint density at radius 3 is 0.687 bits per heavy atom. The SMILES string of the molecule is Cc1ccc(-n2c3ccccc3c3cc(N(c4ccc(C#N)cc4)c4ccc5c(c4)c4cc(-c6cc[c]([Ge]([c]7ccccc7)([c]7ccccc7)[c]7ccccc7)cc6)ccc4n5-c4ccc(F)cc4)ccc32)cc1.Cc1ccc(-n2c3ccccc3c3cc(N(c4ccc(F)cc4)c4ccc5c(c4)c4cc(-c6cc[c]([Ge]([c]7ccccc7)([c]7ccccc7)[c]7ccccc7)cc6)ccc4n5-c4ccc(C)cc4)ccc32)cc1. The summed E-state index contributed by atoms with van der Waals surface area (Å²) in [5.41, 5.74) is 27.5. The molecule has 26 rings (SSSR count). The van der Waals surface area contributed by atoms with Crippen molar-refractivity contribution >= 4 is 183 Å². The third-order valence-electron chi connectivity index (χ3n) is 29.7. The zero-order chi connectivity index (χ0) is 98.8. The molecular formula is C136H97F2Ge2N7. The van der Waals surface area contributed by atoms with E-state index in [0.717, 1.165) is 161 Å². The van der Waals surface area contributed by atoms with Gasteiger partial charge in [-0.05, 0) is 142 Å². The van der Waals surface area contributed by atoms with Gasteiger partial charge in [-0.2, -0.15) is 5.26 Å². The van der Waals surface area contributed by atoms with E-state index in [-0.39, 0.29) is 11.6 Å². The molecule has 0 N–H and O–H groups in total. The normalized spacial score (nSPS) is 11.7. The van der Waals surface area contributed by atoms with Crippen molar-refractivity contribution in [3.63, 3.8) is 0 Å². The zero-order valence-corrected chi connectivity index (χ0v) is 85.4. The van der Waals surface area contributed by atoms with Crippen LogP contribution >= 0.6 is 0 Å². The molecule has 22 aromatic carbocycles. The van der Waals surface area contributed by atoms with Gasteiger partial charge in [0.25, 0.3) is 0 Å². The summed E-state index contributed by atoms with van der Waals surface area (Å²) < 4.78 is 49.7.